The Hall–Kier alpha value is -2.23. The van der Waals surface area contributed by atoms with Gasteiger partial charge in [-0.1, -0.05) is 67.4 Å². The van der Waals surface area contributed by atoms with E-state index in [1.807, 2.05) is 16.6 Å². The molecule has 1 aliphatic heterocycles. The van der Waals surface area contributed by atoms with E-state index in [0.29, 0.717) is 21.9 Å². The van der Waals surface area contributed by atoms with Crippen molar-refractivity contribution >= 4 is 56.5 Å². The number of halogens is 2. The molecule has 0 unspecified atom stereocenters. The first kappa shape index (κ1) is 24.5. The molecule has 2 fully saturated rings. The first-order valence-electron chi connectivity index (χ1n) is 11.7. The minimum absolute atomic E-state index is 0.0554. The molecular formula is C24H30Cl2N6O2S. The molecule has 3 atom stereocenters. The van der Waals surface area contributed by atoms with E-state index in [-0.39, 0.29) is 17.0 Å². The number of rotatable bonds is 6. The van der Waals surface area contributed by atoms with Crippen LogP contribution in [0.15, 0.2) is 18.2 Å². The third-order valence-electron chi connectivity index (χ3n) is 6.58. The van der Waals surface area contributed by atoms with E-state index in [1.165, 1.54) is 11.3 Å². The minimum atomic E-state index is -0.954. The SMILES string of the molecule is CC(C)(C)CC(C)(C)Nc1c(-c2cccc(Cl)c2Cl)nc2sc(N3C[C@@H]4[C@H](C3)[C@@H]4NC(=O)O)nn12. The number of piperidine rings is 1. The molecule has 1 amide bonds. The number of benzene rings is 1. The van der Waals surface area contributed by atoms with Gasteiger partial charge in [0.2, 0.25) is 10.1 Å². The van der Waals surface area contributed by atoms with Crippen LogP contribution in [0.5, 0.6) is 0 Å². The van der Waals surface area contributed by atoms with E-state index >= 15 is 0 Å². The average Bonchev–Trinajstić information content (AvgIpc) is 3.11. The zero-order valence-corrected chi connectivity index (χ0v) is 22.7. The molecule has 2 aromatic heterocycles. The highest BCUT2D eigenvalue weighted by Gasteiger charge is 2.57. The summed E-state index contributed by atoms with van der Waals surface area (Å²) in [5, 5.41) is 22.1. The molecule has 3 heterocycles. The van der Waals surface area contributed by atoms with Gasteiger partial charge in [-0.3, -0.25) is 0 Å². The van der Waals surface area contributed by atoms with Crippen molar-refractivity contribution in [2.75, 3.05) is 23.3 Å². The maximum Gasteiger partial charge on any atom is 0.404 e. The summed E-state index contributed by atoms with van der Waals surface area (Å²) in [5.74, 6) is 1.47. The highest BCUT2D eigenvalue weighted by atomic mass is 35.5. The van der Waals surface area contributed by atoms with Crippen LogP contribution in [0.25, 0.3) is 16.2 Å². The van der Waals surface area contributed by atoms with E-state index in [1.54, 1.807) is 6.07 Å². The van der Waals surface area contributed by atoms with Gasteiger partial charge >= 0.3 is 6.09 Å². The molecule has 2 aliphatic rings. The summed E-state index contributed by atoms with van der Waals surface area (Å²) >= 11 is 14.5. The van der Waals surface area contributed by atoms with Gasteiger partial charge in [0.15, 0.2) is 5.82 Å². The Morgan fingerprint density at radius 2 is 1.89 bits per heavy atom. The molecule has 3 aromatic rings. The van der Waals surface area contributed by atoms with Crippen molar-refractivity contribution in [3.05, 3.63) is 28.2 Å². The highest BCUT2D eigenvalue weighted by Crippen LogP contribution is 2.48. The molecule has 0 radical (unpaired) electrons. The van der Waals surface area contributed by atoms with Gasteiger partial charge < -0.3 is 20.6 Å². The monoisotopic (exact) mass is 536 g/mol. The highest BCUT2D eigenvalue weighted by molar-refractivity contribution is 7.20. The minimum Gasteiger partial charge on any atom is -0.465 e. The van der Waals surface area contributed by atoms with Gasteiger partial charge in [0, 0.05) is 42.1 Å². The number of amides is 1. The molecule has 0 bridgehead atoms. The number of imidazole rings is 1. The summed E-state index contributed by atoms with van der Waals surface area (Å²) in [6, 6.07) is 5.62. The zero-order valence-electron chi connectivity index (χ0n) is 20.4. The van der Waals surface area contributed by atoms with Crippen LogP contribution in [-0.2, 0) is 0 Å². The Morgan fingerprint density at radius 1 is 1.20 bits per heavy atom. The number of fused-ring (bicyclic) bond motifs is 2. The fourth-order valence-electron chi connectivity index (χ4n) is 5.58. The Bertz CT molecular complexity index is 1290. The Kier molecular flexibility index (Phi) is 5.89. The third kappa shape index (κ3) is 4.78. The van der Waals surface area contributed by atoms with Crippen LogP contribution < -0.4 is 15.5 Å². The zero-order chi connectivity index (χ0) is 25.3. The number of hydrogen-bond donors (Lipinski definition) is 3. The molecule has 1 aliphatic carbocycles. The van der Waals surface area contributed by atoms with E-state index in [9.17, 15) is 4.79 Å². The summed E-state index contributed by atoms with van der Waals surface area (Å²) in [4.78, 5) is 18.9. The van der Waals surface area contributed by atoms with Crippen LogP contribution in [0.3, 0.4) is 0 Å². The van der Waals surface area contributed by atoms with Crippen LogP contribution in [-0.4, -0.2) is 50.5 Å². The Labute approximate surface area is 218 Å². The first-order chi connectivity index (χ1) is 16.3. The lowest BCUT2D eigenvalue weighted by molar-refractivity contribution is 0.192. The number of carboxylic acid groups (broad SMARTS) is 1. The van der Waals surface area contributed by atoms with Gasteiger partial charge in [-0.05, 0) is 31.7 Å². The Morgan fingerprint density at radius 3 is 2.51 bits per heavy atom. The molecule has 5 rings (SSSR count). The average molecular weight is 538 g/mol. The molecule has 1 saturated carbocycles. The summed E-state index contributed by atoms with van der Waals surface area (Å²) in [5.41, 5.74) is 1.37. The smallest absolute Gasteiger partial charge is 0.404 e. The van der Waals surface area contributed by atoms with Crippen molar-refractivity contribution in [2.45, 2.75) is 52.6 Å². The third-order valence-corrected chi connectivity index (χ3v) is 8.37. The van der Waals surface area contributed by atoms with Gasteiger partial charge in [-0.15, -0.1) is 5.10 Å². The standard InChI is InChI=1S/C24H30Cl2N6O2S/c1-23(2,3)11-24(4,5)29-19-18(12-7-6-8-15(25)16(12)26)27-20-32(19)30-21(35-20)31-9-13-14(10-31)17(13)28-22(33)34/h6-8,13-14,17,28-29H,9-11H2,1-5H3,(H,33,34)/t13-,14+,17-. The van der Waals surface area contributed by atoms with Gasteiger partial charge in [0.25, 0.3) is 0 Å². The van der Waals surface area contributed by atoms with Crippen molar-refractivity contribution in [3.63, 3.8) is 0 Å². The molecule has 11 heteroatoms. The van der Waals surface area contributed by atoms with E-state index < -0.39 is 6.09 Å². The molecule has 8 nitrogen and oxygen atoms in total. The van der Waals surface area contributed by atoms with E-state index in [4.69, 9.17) is 38.4 Å². The number of nitrogens with one attached hydrogen (secondary N) is 2. The maximum absolute atomic E-state index is 11.0. The maximum atomic E-state index is 11.0. The topological polar surface area (TPSA) is 94.8 Å². The number of anilines is 2. The predicted octanol–water partition coefficient (Wildman–Crippen LogP) is 6.09. The summed E-state index contributed by atoms with van der Waals surface area (Å²) in [6.07, 6.45) is -0.0233. The van der Waals surface area contributed by atoms with Crippen molar-refractivity contribution < 1.29 is 9.90 Å². The van der Waals surface area contributed by atoms with Crippen LogP contribution in [0, 0.1) is 17.3 Å². The number of carbonyl (C=O) groups is 1. The summed E-state index contributed by atoms with van der Waals surface area (Å²) in [7, 11) is 0. The van der Waals surface area contributed by atoms with Gasteiger partial charge in [0.05, 0.1) is 10.0 Å². The molecular weight excluding hydrogens is 507 g/mol. The summed E-state index contributed by atoms with van der Waals surface area (Å²) in [6.45, 7) is 12.6. The van der Waals surface area contributed by atoms with Crippen LogP contribution in [0.4, 0.5) is 15.7 Å². The fraction of sp³-hybridized carbons (Fsp3) is 0.542. The van der Waals surface area contributed by atoms with Crippen LogP contribution >= 0.6 is 34.5 Å². The van der Waals surface area contributed by atoms with Gasteiger partial charge in [-0.2, -0.15) is 4.52 Å². The quantitative estimate of drug-likeness (QED) is 0.352. The number of nitrogens with zero attached hydrogens (tertiary/aromatic N) is 4. The number of aromatic nitrogens is 3. The van der Waals surface area contributed by atoms with E-state index in [2.05, 4.69) is 50.2 Å². The molecule has 0 spiro atoms. The van der Waals surface area contributed by atoms with Gasteiger partial charge in [-0.25, -0.2) is 9.78 Å². The largest absolute Gasteiger partial charge is 0.465 e. The molecule has 3 N–H and O–H groups in total. The fourth-order valence-corrected chi connectivity index (χ4v) is 6.89. The lowest BCUT2D eigenvalue weighted by Gasteiger charge is -2.34. The second kappa shape index (κ2) is 8.42. The molecule has 1 saturated heterocycles. The molecule has 1 aromatic carbocycles. The summed E-state index contributed by atoms with van der Waals surface area (Å²) < 4.78 is 1.87. The lowest BCUT2D eigenvalue weighted by Crippen LogP contribution is -2.36. The predicted molar refractivity (Wildman–Crippen MR) is 142 cm³/mol. The van der Waals surface area contributed by atoms with E-state index in [0.717, 1.165) is 46.7 Å². The number of hydrogen-bond acceptors (Lipinski definition) is 6. The van der Waals surface area contributed by atoms with Crippen LogP contribution in [0.2, 0.25) is 10.0 Å². The second-order valence-electron chi connectivity index (χ2n) is 11.4. The second-order valence-corrected chi connectivity index (χ2v) is 13.2. The lowest BCUT2D eigenvalue weighted by atomic mass is 9.82. The molecule has 188 valence electrons. The van der Waals surface area contributed by atoms with Crippen molar-refractivity contribution in [1.82, 2.24) is 19.9 Å². The van der Waals surface area contributed by atoms with Crippen molar-refractivity contribution in [3.8, 4) is 11.3 Å². The Balaban J connectivity index is 1.50. The first-order valence-corrected chi connectivity index (χ1v) is 13.3. The van der Waals surface area contributed by atoms with Crippen molar-refractivity contribution in [1.29, 1.82) is 0 Å². The normalized spacial score (nSPS) is 21.9. The van der Waals surface area contributed by atoms with Crippen LogP contribution in [0.1, 0.15) is 41.0 Å². The van der Waals surface area contributed by atoms with Gasteiger partial charge in [0.1, 0.15) is 5.69 Å². The molecule has 35 heavy (non-hydrogen) atoms. The van der Waals surface area contributed by atoms with Crippen molar-refractivity contribution in [2.24, 2.45) is 17.3 Å².